The molecule has 29 heavy (non-hydrogen) atoms. The predicted octanol–water partition coefficient (Wildman–Crippen LogP) is 3.03. The quantitative estimate of drug-likeness (QED) is 0.575. The van der Waals surface area contributed by atoms with Gasteiger partial charge in [-0.25, -0.2) is 0 Å². The van der Waals surface area contributed by atoms with Crippen LogP contribution in [0, 0.1) is 0 Å². The number of carbonyl (C=O) groups is 2. The number of hydrogen-bond acceptors (Lipinski definition) is 6. The molecule has 2 aliphatic rings. The van der Waals surface area contributed by atoms with Crippen LogP contribution in [0.4, 0.5) is 0 Å². The van der Waals surface area contributed by atoms with Gasteiger partial charge in [-0.05, 0) is 31.0 Å². The molecule has 158 valence electrons. The monoisotopic (exact) mass is 418 g/mol. The van der Waals surface area contributed by atoms with E-state index in [0.29, 0.717) is 23.6 Å². The minimum Gasteiger partial charge on any atom is -0.494 e. The second kappa shape index (κ2) is 10.3. The third-order valence-corrected chi connectivity index (χ3v) is 5.98. The van der Waals surface area contributed by atoms with Gasteiger partial charge in [-0.3, -0.25) is 19.4 Å². The molecule has 2 heterocycles. The summed E-state index contributed by atoms with van der Waals surface area (Å²) in [6.07, 6.45) is 0.771. The second-order valence-corrected chi connectivity index (χ2v) is 8.98. The summed E-state index contributed by atoms with van der Waals surface area (Å²) in [5.41, 5.74) is 1.29. The van der Waals surface area contributed by atoms with Gasteiger partial charge in [0, 0.05) is 31.4 Å². The summed E-state index contributed by atoms with van der Waals surface area (Å²) in [6, 6.07) is 7.43. The highest BCUT2D eigenvalue weighted by Gasteiger charge is 2.39. The standard InChI is InChI=1S/C22H30N2O4S/c1-4-28-18-8-6-17(7-9-18)19-20(29-16(2)3)22(26)24(21(19)25)11-5-10-23-12-14-27-15-13-23/h6-9,16H,4-5,10-15H2,1-3H3. The lowest BCUT2D eigenvalue weighted by atomic mass is 10.1. The average Bonchev–Trinajstić information content (AvgIpc) is 2.93. The SMILES string of the molecule is CCOc1ccc(C2=C(SC(C)C)C(=O)N(CCCN3CCOCC3)C2=O)cc1. The van der Waals surface area contributed by atoms with Crippen LogP contribution in [0.3, 0.4) is 0 Å². The maximum Gasteiger partial charge on any atom is 0.267 e. The summed E-state index contributed by atoms with van der Waals surface area (Å²) in [6.45, 7) is 11.2. The number of morpholine rings is 1. The Balaban J connectivity index is 1.73. The van der Waals surface area contributed by atoms with Crippen LogP contribution in [0.25, 0.3) is 5.57 Å². The fraction of sp³-hybridized carbons (Fsp3) is 0.545. The maximum atomic E-state index is 13.2. The molecule has 1 fully saturated rings. The molecule has 0 N–H and O–H groups in total. The molecule has 0 radical (unpaired) electrons. The zero-order chi connectivity index (χ0) is 20.8. The van der Waals surface area contributed by atoms with Crippen molar-refractivity contribution in [3.05, 3.63) is 34.7 Å². The maximum absolute atomic E-state index is 13.2. The minimum atomic E-state index is -0.190. The number of nitrogens with zero attached hydrogens (tertiary/aromatic N) is 2. The van der Waals surface area contributed by atoms with E-state index in [-0.39, 0.29) is 17.1 Å². The summed E-state index contributed by atoms with van der Waals surface area (Å²) >= 11 is 1.47. The smallest absolute Gasteiger partial charge is 0.267 e. The molecule has 0 bridgehead atoms. The Morgan fingerprint density at radius 2 is 1.76 bits per heavy atom. The number of thioether (sulfide) groups is 1. The van der Waals surface area contributed by atoms with Gasteiger partial charge in [-0.1, -0.05) is 26.0 Å². The fourth-order valence-electron chi connectivity index (χ4n) is 3.52. The predicted molar refractivity (Wildman–Crippen MR) is 116 cm³/mol. The minimum absolute atomic E-state index is 0.167. The summed E-state index contributed by atoms with van der Waals surface area (Å²) < 4.78 is 10.9. The third kappa shape index (κ3) is 5.41. The van der Waals surface area contributed by atoms with Gasteiger partial charge in [0.25, 0.3) is 11.8 Å². The molecule has 1 aromatic rings. The Hall–Kier alpha value is -1.83. The third-order valence-electron chi connectivity index (χ3n) is 4.89. The second-order valence-electron chi connectivity index (χ2n) is 7.40. The first-order valence-electron chi connectivity index (χ1n) is 10.3. The van der Waals surface area contributed by atoms with Gasteiger partial charge in [0.05, 0.1) is 30.3 Å². The molecule has 0 aliphatic carbocycles. The number of hydrogen-bond donors (Lipinski definition) is 0. The Labute approximate surface area is 177 Å². The van der Waals surface area contributed by atoms with Crippen LogP contribution in [0.2, 0.25) is 0 Å². The van der Waals surface area contributed by atoms with Crippen molar-refractivity contribution in [2.75, 3.05) is 46.0 Å². The lowest BCUT2D eigenvalue weighted by molar-refractivity contribution is -0.136. The zero-order valence-electron chi connectivity index (χ0n) is 17.5. The number of rotatable bonds is 9. The first kappa shape index (κ1) is 21.9. The van der Waals surface area contributed by atoms with Crippen LogP contribution in [0.15, 0.2) is 29.2 Å². The number of amides is 2. The largest absolute Gasteiger partial charge is 0.494 e. The molecule has 2 aliphatic heterocycles. The molecule has 3 rings (SSSR count). The number of imide groups is 1. The molecule has 6 nitrogen and oxygen atoms in total. The van der Waals surface area contributed by atoms with Crippen LogP contribution in [-0.4, -0.2) is 72.9 Å². The topological polar surface area (TPSA) is 59.1 Å². The van der Waals surface area contributed by atoms with E-state index >= 15 is 0 Å². The molecule has 2 amide bonds. The molecule has 1 saturated heterocycles. The van der Waals surface area contributed by atoms with E-state index in [2.05, 4.69) is 4.90 Å². The van der Waals surface area contributed by atoms with E-state index < -0.39 is 0 Å². The van der Waals surface area contributed by atoms with E-state index in [4.69, 9.17) is 9.47 Å². The van der Waals surface area contributed by atoms with Gasteiger partial charge in [0.2, 0.25) is 0 Å². The van der Waals surface area contributed by atoms with Crippen molar-refractivity contribution >= 4 is 29.1 Å². The van der Waals surface area contributed by atoms with Gasteiger partial charge in [-0.15, -0.1) is 11.8 Å². The van der Waals surface area contributed by atoms with Gasteiger partial charge in [-0.2, -0.15) is 0 Å². The molecule has 0 atom stereocenters. The number of benzene rings is 1. The highest BCUT2D eigenvalue weighted by Crippen LogP contribution is 2.38. The van der Waals surface area contributed by atoms with E-state index in [9.17, 15) is 9.59 Å². The van der Waals surface area contributed by atoms with Crippen molar-refractivity contribution in [3.63, 3.8) is 0 Å². The van der Waals surface area contributed by atoms with Crippen molar-refractivity contribution in [3.8, 4) is 5.75 Å². The van der Waals surface area contributed by atoms with Crippen molar-refractivity contribution < 1.29 is 19.1 Å². The van der Waals surface area contributed by atoms with E-state index in [1.807, 2.05) is 45.0 Å². The molecule has 0 saturated carbocycles. The molecular weight excluding hydrogens is 388 g/mol. The highest BCUT2D eigenvalue weighted by atomic mass is 32.2. The highest BCUT2D eigenvalue weighted by molar-refractivity contribution is 8.04. The summed E-state index contributed by atoms with van der Waals surface area (Å²) in [5.74, 6) is 0.401. The van der Waals surface area contributed by atoms with Crippen molar-refractivity contribution in [2.24, 2.45) is 0 Å². The van der Waals surface area contributed by atoms with Gasteiger partial charge in [0.1, 0.15) is 5.75 Å². The van der Waals surface area contributed by atoms with Crippen molar-refractivity contribution in [1.29, 1.82) is 0 Å². The molecular formula is C22H30N2O4S. The lowest BCUT2D eigenvalue weighted by Crippen LogP contribution is -2.39. The summed E-state index contributed by atoms with van der Waals surface area (Å²) in [5, 5.41) is 0.216. The Kier molecular flexibility index (Phi) is 7.75. The Morgan fingerprint density at radius 3 is 2.38 bits per heavy atom. The molecule has 1 aromatic carbocycles. The number of ether oxygens (including phenoxy) is 2. The van der Waals surface area contributed by atoms with Crippen LogP contribution in [0.5, 0.6) is 5.75 Å². The zero-order valence-corrected chi connectivity index (χ0v) is 18.3. The van der Waals surface area contributed by atoms with Crippen LogP contribution in [-0.2, 0) is 14.3 Å². The normalized spacial score (nSPS) is 18.3. The molecule has 0 aromatic heterocycles. The first-order chi connectivity index (χ1) is 14.0. The summed E-state index contributed by atoms with van der Waals surface area (Å²) in [4.78, 5) is 30.5. The number of carbonyl (C=O) groups excluding carboxylic acids is 2. The molecule has 7 heteroatoms. The fourth-order valence-corrected chi connectivity index (χ4v) is 4.52. The van der Waals surface area contributed by atoms with Gasteiger partial charge >= 0.3 is 0 Å². The van der Waals surface area contributed by atoms with Crippen LogP contribution in [0.1, 0.15) is 32.8 Å². The molecule has 0 spiro atoms. The van der Waals surface area contributed by atoms with Crippen molar-refractivity contribution in [2.45, 2.75) is 32.4 Å². The van der Waals surface area contributed by atoms with E-state index in [1.165, 1.54) is 16.7 Å². The van der Waals surface area contributed by atoms with E-state index in [1.54, 1.807) is 0 Å². The van der Waals surface area contributed by atoms with Crippen LogP contribution < -0.4 is 4.74 Å². The summed E-state index contributed by atoms with van der Waals surface area (Å²) in [7, 11) is 0. The van der Waals surface area contributed by atoms with Crippen molar-refractivity contribution in [1.82, 2.24) is 9.80 Å². The Bertz CT molecular complexity index is 755. The van der Waals surface area contributed by atoms with Gasteiger partial charge in [0.15, 0.2) is 0 Å². The van der Waals surface area contributed by atoms with E-state index in [0.717, 1.165) is 50.6 Å². The average molecular weight is 419 g/mol. The molecule has 0 unspecified atom stereocenters. The lowest BCUT2D eigenvalue weighted by Gasteiger charge is -2.27. The van der Waals surface area contributed by atoms with Gasteiger partial charge < -0.3 is 9.47 Å². The van der Waals surface area contributed by atoms with Crippen LogP contribution >= 0.6 is 11.8 Å². The first-order valence-corrected chi connectivity index (χ1v) is 11.2. The Morgan fingerprint density at radius 1 is 1.07 bits per heavy atom.